The van der Waals surface area contributed by atoms with Crippen molar-refractivity contribution in [3.63, 3.8) is 0 Å². The second-order valence-electron chi connectivity index (χ2n) is 4.21. The van der Waals surface area contributed by atoms with Crippen molar-refractivity contribution in [3.05, 3.63) is 23.4 Å². The number of nitrogens with zero attached hydrogens (tertiary/aromatic N) is 2. The molecule has 0 radical (unpaired) electrons. The highest BCUT2D eigenvalue weighted by atomic mass is 35.5. The summed E-state index contributed by atoms with van der Waals surface area (Å²) in [4.78, 5) is 6.74. The fourth-order valence-corrected chi connectivity index (χ4v) is 3.95. The first-order valence-electron chi connectivity index (χ1n) is 6.48. The summed E-state index contributed by atoms with van der Waals surface area (Å²) in [6.07, 6.45) is 0. The molecule has 0 N–H and O–H groups in total. The summed E-state index contributed by atoms with van der Waals surface area (Å²) in [5.74, 6) is 3.44. The van der Waals surface area contributed by atoms with Crippen LogP contribution in [0, 0.1) is 0 Å². The number of ether oxygens (including phenoxy) is 1. The molecular weight excluding hydrogens is 300 g/mol. The molecule has 0 amide bonds. The molecule has 1 fully saturated rings. The van der Waals surface area contributed by atoms with Crippen molar-refractivity contribution >= 4 is 35.1 Å². The Kier molecular flexibility index (Phi) is 7.38. The van der Waals surface area contributed by atoms with Crippen LogP contribution in [0.25, 0.3) is 0 Å². The van der Waals surface area contributed by atoms with Crippen molar-refractivity contribution in [2.45, 2.75) is 5.03 Å². The van der Waals surface area contributed by atoms with Gasteiger partial charge in [-0.15, -0.1) is 11.8 Å². The van der Waals surface area contributed by atoms with Crippen LogP contribution in [0.15, 0.2) is 23.2 Å². The Morgan fingerprint density at radius 3 is 2.84 bits per heavy atom. The van der Waals surface area contributed by atoms with Crippen LogP contribution in [0.4, 0.5) is 0 Å². The molecule has 0 unspecified atom stereocenters. The van der Waals surface area contributed by atoms with Gasteiger partial charge in [-0.1, -0.05) is 17.7 Å². The van der Waals surface area contributed by atoms with Crippen LogP contribution >= 0.6 is 35.1 Å². The van der Waals surface area contributed by atoms with E-state index in [1.165, 1.54) is 12.3 Å². The van der Waals surface area contributed by atoms with E-state index < -0.39 is 0 Å². The van der Waals surface area contributed by atoms with E-state index in [0.717, 1.165) is 42.8 Å². The van der Waals surface area contributed by atoms with E-state index in [1.807, 2.05) is 30.0 Å². The molecule has 6 heteroatoms. The van der Waals surface area contributed by atoms with Gasteiger partial charge < -0.3 is 4.74 Å². The van der Waals surface area contributed by atoms with E-state index in [2.05, 4.69) is 9.88 Å². The number of thioether (sulfide) groups is 2. The Balaban J connectivity index is 1.50. The topological polar surface area (TPSA) is 25.4 Å². The van der Waals surface area contributed by atoms with Gasteiger partial charge in [0.15, 0.2) is 0 Å². The molecule has 3 nitrogen and oxygen atoms in total. The van der Waals surface area contributed by atoms with Crippen molar-refractivity contribution in [1.29, 1.82) is 0 Å². The van der Waals surface area contributed by atoms with Crippen LogP contribution in [0.1, 0.15) is 0 Å². The predicted molar refractivity (Wildman–Crippen MR) is 84.6 cm³/mol. The quantitative estimate of drug-likeness (QED) is 0.437. The van der Waals surface area contributed by atoms with E-state index in [0.29, 0.717) is 5.15 Å². The lowest BCUT2D eigenvalue weighted by Crippen LogP contribution is -2.37. The lowest BCUT2D eigenvalue weighted by molar-refractivity contribution is 0.0410. The van der Waals surface area contributed by atoms with Gasteiger partial charge in [0.1, 0.15) is 5.15 Å². The largest absolute Gasteiger partial charge is 0.379 e. The minimum atomic E-state index is 0.574. The van der Waals surface area contributed by atoms with Gasteiger partial charge in [0, 0.05) is 36.9 Å². The van der Waals surface area contributed by atoms with Crippen LogP contribution in [0.5, 0.6) is 0 Å². The first kappa shape index (κ1) is 15.4. The first-order chi connectivity index (χ1) is 9.34. The standard InChI is InChI=1S/C13H19ClN2OS2/c14-12-2-1-3-13(15-12)19-11-10-18-9-6-16-4-7-17-8-5-16/h1-3H,4-11H2. The summed E-state index contributed by atoms with van der Waals surface area (Å²) < 4.78 is 5.33. The van der Waals surface area contributed by atoms with Crippen LogP contribution in [0.3, 0.4) is 0 Å². The van der Waals surface area contributed by atoms with Crippen LogP contribution in [0.2, 0.25) is 5.15 Å². The molecule has 0 aliphatic carbocycles. The van der Waals surface area contributed by atoms with Gasteiger partial charge in [-0.2, -0.15) is 11.8 Å². The van der Waals surface area contributed by atoms with E-state index in [4.69, 9.17) is 16.3 Å². The third-order valence-electron chi connectivity index (χ3n) is 2.82. The summed E-state index contributed by atoms with van der Waals surface area (Å²) >= 11 is 9.62. The number of morpholine rings is 1. The molecule has 2 rings (SSSR count). The van der Waals surface area contributed by atoms with Gasteiger partial charge in [0.2, 0.25) is 0 Å². The number of hydrogen-bond acceptors (Lipinski definition) is 5. The molecule has 1 aromatic rings. The van der Waals surface area contributed by atoms with Crippen molar-refractivity contribution < 1.29 is 4.74 Å². The van der Waals surface area contributed by atoms with Crippen LogP contribution in [-0.4, -0.2) is 60.0 Å². The first-order valence-corrected chi connectivity index (χ1v) is 8.99. The molecule has 0 saturated carbocycles. The zero-order valence-corrected chi connectivity index (χ0v) is 13.3. The Bertz CT molecular complexity index is 375. The third-order valence-corrected chi connectivity index (χ3v) is 5.19. The maximum Gasteiger partial charge on any atom is 0.130 e. The van der Waals surface area contributed by atoms with Crippen molar-refractivity contribution in [2.24, 2.45) is 0 Å². The maximum absolute atomic E-state index is 5.85. The molecule has 1 aliphatic rings. The maximum atomic E-state index is 5.85. The van der Waals surface area contributed by atoms with Crippen molar-refractivity contribution in [2.75, 3.05) is 50.1 Å². The second-order valence-corrected chi connectivity index (χ2v) is 6.94. The van der Waals surface area contributed by atoms with Crippen LogP contribution < -0.4 is 0 Å². The third kappa shape index (κ3) is 6.36. The number of pyridine rings is 1. The van der Waals surface area contributed by atoms with Crippen molar-refractivity contribution in [1.82, 2.24) is 9.88 Å². The predicted octanol–water partition coefficient (Wildman–Crippen LogP) is 2.89. The molecule has 0 bridgehead atoms. The van der Waals surface area contributed by atoms with Gasteiger partial charge in [0.25, 0.3) is 0 Å². The average Bonchev–Trinajstić information content (AvgIpc) is 2.44. The molecular formula is C13H19ClN2OS2. The molecule has 0 atom stereocenters. The highest BCUT2D eigenvalue weighted by Gasteiger charge is 2.09. The fraction of sp³-hybridized carbons (Fsp3) is 0.615. The van der Waals surface area contributed by atoms with Gasteiger partial charge in [0.05, 0.1) is 18.2 Å². The minimum absolute atomic E-state index is 0.574. The van der Waals surface area contributed by atoms with Gasteiger partial charge >= 0.3 is 0 Å². The number of rotatable bonds is 7. The zero-order valence-electron chi connectivity index (χ0n) is 10.9. The summed E-state index contributed by atoms with van der Waals surface area (Å²) in [6.45, 7) is 5.12. The molecule has 0 spiro atoms. The lowest BCUT2D eigenvalue weighted by atomic mass is 10.4. The summed E-state index contributed by atoms with van der Waals surface area (Å²) in [6, 6.07) is 5.76. The Morgan fingerprint density at radius 2 is 2.05 bits per heavy atom. The zero-order chi connectivity index (χ0) is 13.3. The smallest absolute Gasteiger partial charge is 0.130 e. The van der Waals surface area contributed by atoms with E-state index in [1.54, 1.807) is 11.8 Å². The normalized spacial score (nSPS) is 16.7. The monoisotopic (exact) mass is 318 g/mol. The number of hydrogen-bond donors (Lipinski definition) is 0. The van der Waals surface area contributed by atoms with E-state index in [-0.39, 0.29) is 0 Å². The second kappa shape index (κ2) is 9.08. The van der Waals surface area contributed by atoms with Gasteiger partial charge in [-0.3, -0.25) is 4.90 Å². The average molecular weight is 319 g/mol. The summed E-state index contributed by atoms with van der Waals surface area (Å²) in [5, 5.41) is 1.59. The Hall–Kier alpha value is 0.0600. The van der Waals surface area contributed by atoms with Crippen LogP contribution in [-0.2, 0) is 4.74 Å². The van der Waals surface area contributed by atoms with Gasteiger partial charge in [-0.25, -0.2) is 4.98 Å². The van der Waals surface area contributed by atoms with E-state index >= 15 is 0 Å². The number of aromatic nitrogens is 1. The fourth-order valence-electron chi connectivity index (χ4n) is 1.80. The highest BCUT2D eigenvalue weighted by molar-refractivity contribution is 8.02. The molecule has 1 aromatic heterocycles. The molecule has 0 aromatic carbocycles. The van der Waals surface area contributed by atoms with Crippen molar-refractivity contribution in [3.8, 4) is 0 Å². The summed E-state index contributed by atoms with van der Waals surface area (Å²) in [7, 11) is 0. The number of halogens is 1. The highest BCUT2D eigenvalue weighted by Crippen LogP contribution is 2.18. The Morgan fingerprint density at radius 1 is 1.21 bits per heavy atom. The molecule has 1 saturated heterocycles. The van der Waals surface area contributed by atoms with E-state index in [9.17, 15) is 0 Å². The van der Waals surface area contributed by atoms with Gasteiger partial charge in [-0.05, 0) is 12.1 Å². The minimum Gasteiger partial charge on any atom is -0.379 e. The summed E-state index contributed by atoms with van der Waals surface area (Å²) in [5.41, 5.74) is 0. The lowest BCUT2D eigenvalue weighted by Gasteiger charge is -2.26. The molecule has 106 valence electrons. The molecule has 19 heavy (non-hydrogen) atoms. The Labute approximate surface area is 128 Å². The SMILES string of the molecule is Clc1cccc(SCCSCCN2CCOCC2)n1. The molecule has 2 heterocycles. The molecule has 1 aliphatic heterocycles.